The van der Waals surface area contributed by atoms with E-state index in [0.717, 1.165) is 12.8 Å². The molecule has 0 nitrogen and oxygen atoms in total. The SMILES string of the molecule is CCC1C=C(F)CC1. The van der Waals surface area contributed by atoms with E-state index >= 15 is 0 Å². The molecular weight excluding hydrogens is 103 g/mol. The van der Waals surface area contributed by atoms with Crippen molar-refractivity contribution in [2.24, 2.45) is 5.92 Å². The Labute approximate surface area is 49.4 Å². The van der Waals surface area contributed by atoms with E-state index in [0.29, 0.717) is 12.3 Å². The van der Waals surface area contributed by atoms with E-state index < -0.39 is 0 Å². The minimum atomic E-state index is 0.0943. The minimum absolute atomic E-state index is 0.0943. The lowest BCUT2D eigenvalue weighted by Gasteiger charge is -1.97. The lowest BCUT2D eigenvalue weighted by molar-refractivity contribution is 0.577. The Balaban J connectivity index is 2.41. The van der Waals surface area contributed by atoms with Crippen LogP contribution in [0.2, 0.25) is 0 Å². The normalized spacial score (nSPS) is 28.2. The standard InChI is InChI=1S/C7H11F/c1-2-6-3-4-7(8)5-6/h5-6H,2-4H2,1H3. The van der Waals surface area contributed by atoms with Gasteiger partial charge in [0.25, 0.3) is 0 Å². The monoisotopic (exact) mass is 114 g/mol. The third-order valence-electron chi connectivity index (χ3n) is 1.69. The van der Waals surface area contributed by atoms with Crippen LogP contribution in [0.3, 0.4) is 0 Å². The zero-order chi connectivity index (χ0) is 5.98. The summed E-state index contributed by atoms with van der Waals surface area (Å²) >= 11 is 0. The van der Waals surface area contributed by atoms with Crippen LogP contribution in [-0.2, 0) is 0 Å². The first kappa shape index (κ1) is 5.80. The average Bonchev–Trinajstić information content (AvgIpc) is 2.14. The number of allylic oxidation sites excluding steroid dienone is 2. The minimum Gasteiger partial charge on any atom is -0.212 e. The second-order valence-electron chi connectivity index (χ2n) is 2.32. The Bertz CT molecular complexity index is 105. The van der Waals surface area contributed by atoms with Crippen molar-refractivity contribution in [3.05, 3.63) is 11.9 Å². The van der Waals surface area contributed by atoms with Crippen LogP contribution in [-0.4, -0.2) is 0 Å². The van der Waals surface area contributed by atoms with Crippen LogP contribution in [0.5, 0.6) is 0 Å². The van der Waals surface area contributed by atoms with Gasteiger partial charge >= 0.3 is 0 Å². The van der Waals surface area contributed by atoms with Crippen LogP contribution >= 0.6 is 0 Å². The van der Waals surface area contributed by atoms with Gasteiger partial charge in [0.05, 0.1) is 5.83 Å². The Kier molecular flexibility index (Phi) is 1.66. The molecule has 0 aromatic rings. The van der Waals surface area contributed by atoms with Crippen LogP contribution in [0.15, 0.2) is 11.9 Å². The lowest BCUT2D eigenvalue weighted by atomic mass is 10.1. The first-order valence-electron chi connectivity index (χ1n) is 3.19. The molecule has 0 aromatic heterocycles. The smallest absolute Gasteiger partial charge is 0.0962 e. The Morgan fingerprint density at radius 2 is 2.62 bits per heavy atom. The molecule has 1 atom stereocenters. The molecule has 0 aliphatic heterocycles. The molecule has 0 saturated carbocycles. The molecule has 0 spiro atoms. The predicted molar refractivity (Wildman–Crippen MR) is 32.2 cm³/mol. The molecule has 1 aliphatic rings. The summed E-state index contributed by atoms with van der Waals surface area (Å²) in [6.07, 6.45) is 4.55. The topological polar surface area (TPSA) is 0 Å². The van der Waals surface area contributed by atoms with Gasteiger partial charge in [-0.2, -0.15) is 0 Å². The van der Waals surface area contributed by atoms with E-state index in [1.165, 1.54) is 0 Å². The molecule has 0 fully saturated rings. The van der Waals surface area contributed by atoms with E-state index in [1.807, 2.05) is 0 Å². The van der Waals surface area contributed by atoms with Crippen molar-refractivity contribution in [2.75, 3.05) is 0 Å². The first-order chi connectivity index (χ1) is 3.83. The van der Waals surface area contributed by atoms with E-state index in [9.17, 15) is 4.39 Å². The van der Waals surface area contributed by atoms with Crippen LogP contribution in [0.1, 0.15) is 26.2 Å². The molecule has 0 aromatic carbocycles. The van der Waals surface area contributed by atoms with E-state index in [2.05, 4.69) is 6.92 Å². The van der Waals surface area contributed by atoms with E-state index in [4.69, 9.17) is 0 Å². The van der Waals surface area contributed by atoms with Crippen molar-refractivity contribution in [3.8, 4) is 0 Å². The van der Waals surface area contributed by atoms with Gasteiger partial charge in [-0.05, 0) is 31.3 Å². The van der Waals surface area contributed by atoms with Crippen molar-refractivity contribution in [2.45, 2.75) is 26.2 Å². The van der Waals surface area contributed by atoms with Crippen molar-refractivity contribution in [1.82, 2.24) is 0 Å². The second-order valence-corrected chi connectivity index (χ2v) is 2.32. The summed E-state index contributed by atoms with van der Waals surface area (Å²) in [5.41, 5.74) is 0. The maximum absolute atomic E-state index is 12.2. The fourth-order valence-electron chi connectivity index (χ4n) is 1.07. The largest absolute Gasteiger partial charge is 0.212 e. The van der Waals surface area contributed by atoms with Crippen molar-refractivity contribution >= 4 is 0 Å². The molecule has 1 unspecified atom stereocenters. The van der Waals surface area contributed by atoms with Gasteiger partial charge in [0.2, 0.25) is 0 Å². The molecule has 1 heteroatoms. The molecule has 0 radical (unpaired) electrons. The van der Waals surface area contributed by atoms with Crippen molar-refractivity contribution in [3.63, 3.8) is 0 Å². The van der Waals surface area contributed by atoms with Gasteiger partial charge < -0.3 is 0 Å². The van der Waals surface area contributed by atoms with Gasteiger partial charge in [-0.3, -0.25) is 0 Å². The van der Waals surface area contributed by atoms with E-state index in [1.54, 1.807) is 6.08 Å². The van der Waals surface area contributed by atoms with Crippen LogP contribution in [0, 0.1) is 5.92 Å². The number of hydrogen-bond acceptors (Lipinski definition) is 0. The highest BCUT2D eigenvalue weighted by atomic mass is 19.1. The highest BCUT2D eigenvalue weighted by molar-refractivity contribution is 5.02. The third-order valence-corrected chi connectivity index (χ3v) is 1.69. The molecule has 1 aliphatic carbocycles. The fraction of sp³-hybridized carbons (Fsp3) is 0.714. The molecule has 0 amide bonds. The predicted octanol–water partition coefficient (Wildman–Crippen LogP) is 2.66. The quantitative estimate of drug-likeness (QED) is 0.491. The van der Waals surface area contributed by atoms with Crippen LogP contribution in [0.25, 0.3) is 0 Å². The molecule has 46 valence electrons. The number of rotatable bonds is 1. The molecule has 0 heterocycles. The van der Waals surface area contributed by atoms with Gasteiger partial charge in [-0.1, -0.05) is 6.92 Å². The second kappa shape index (κ2) is 2.29. The highest BCUT2D eigenvalue weighted by Crippen LogP contribution is 2.26. The van der Waals surface area contributed by atoms with Gasteiger partial charge in [0.1, 0.15) is 0 Å². The van der Waals surface area contributed by atoms with E-state index in [-0.39, 0.29) is 5.83 Å². The first-order valence-corrected chi connectivity index (χ1v) is 3.19. The summed E-state index contributed by atoms with van der Waals surface area (Å²) < 4.78 is 12.2. The fourth-order valence-corrected chi connectivity index (χ4v) is 1.07. The zero-order valence-corrected chi connectivity index (χ0v) is 5.15. The highest BCUT2D eigenvalue weighted by Gasteiger charge is 2.12. The molecule has 1 rings (SSSR count). The molecular formula is C7H11F. The Morgan fingerprint density at radius 3 is 2.88 bits per heavy atom. The third kappa shape index (κ3) is 1.09. The van der Waals surface area contributed by atoms with Gasteiger partial charge in [-0.25, -0.2) is 4.39 Å². The lowest BCUT2D eigenvalue weighted by Crippen LogP contribution is -1.84. The zero-order valence-electron chi connectivity index (χ0n) is 5.15. The maximum Gasteiger partial charge on any atom is 0.0962 e. The average molecular weight is 114 g/mol. The maximum atomic E-state index is 12.2. The number of hydrogen-bond donors (Lipinski definition) is 0. The number of halogens is 1. The summed E-state index contributed by atoms with van der Waals surface area (Å²) in [5.74, 6) is 0.631. The summed E-state index contributed by atoms with van der Waals surface area (Å²) in [5, 5.41) is 0. The molecule has 0 N–H and O–H groups in total. The summed E-state index contributed by atoms with van der Waals surface area (Å²) in [6, 6.07) is 0. The van der Waals surface area contributed by atoms with Gasteiger partial charge in [0.15, 0.2) is 0 Å². The molecule has 8 heavy (non-hydrogen) atoms. The van der Waals surface area contributed by atoms with Crippen LogP contribution < -0.4 is 0 Å². The van der Waals surface area contributed by atoms with Crippen molar-refractivity contribution < 1.29 is 4.39 Å². The summed E-state index contributed by atoms with van der Waals surface area (Å²) in [6.45, 7) is 2.10. The van der Waals surface area contributed by atoms with Gasteiger partial charge in [-0.15, -0.1) is 0 Å². The Hall–Kier alpha value is -0.330. The van der Waals surface area contributed by atoms with Crippen molar-refractivity contribution in [1.29, 1.82) is 0 Å². The summed E-state index contributed by atoms with van der Waals surface area (Å²) in [7, 11) is 0. The Morgan fingerprint density at radius 1 is 1.88 bits per heavy atom. The molecule has 0 bridgehead atoms. The summed E-state index contributed by atoms with van der Waals surface area (Å²) in [4.78, 5) is 0. The van der Waals surface area contributed by atoms with Crippen LogP contribution in [0.4, 0.5) is 4.39 Å². The molecule has 0 saturated heterocycles. The van der Waals surface area contributed by atoms with Gasteiger partial charge in [0, 0.05) is 0 Å².